The Morgan fingerprint density at radius 1 is 1.24 bits per heavy atom. The van der Waals surface area contributed by atoms with Gasteiger partial charge in [-0.1, -0.05) is 24.1 Å². The third-order valence-electron chi connectivity index (χ3n) is 3.21. The SMILES string of the molecule is Cc1ccc(S(=O)(=O)NC2CCCC2N)cc1. The minimum atomic E-state index is -3.42. The van der Waals surface area contributed by atoms with Crippen molar-refractivity contribution in [1.82, 2.24) is 4.72 Å². The van der Waals surface area contributed by atoms with Gasteiger partial charge in [-0.15, -0.1) is 0 Å². The van der Waals surface area contributed by atoms with Crippen LogP contribution in [0.5, 0.6) is 0 Å². The molecule has 0 heterocycles. The van der Waals surface area contributed by atoms with Gasteiger partial charge >= 0.3 is 0 Å². The minimum Gasteiger partial charge on any atom is -0.326 e. The summed E-state index contributed by atoms with van der Waals surface area (Å²) in [6.45, 7) is 1.93. The highest BCUT2D eigenvalue weighted by atomic mass is 32.2. The molecular formula is C12H18N2O2S. The van der Waals surface area contributed by atoms with Crippen LogP contribution in [0, 0.1) is 6.92 Å². The number of nitrogens with one attached hydrogen (secondary N) is 1. The normalized spacial score (nSPS) is 25.1. The average Bonchev–Trinajstić information content (AvgIpc) is 2.64. The zero-order chi connectivity index (χ0) is 12.5. The first kappa shape index (κ1) is 12.5. The zero-order valence-corrected chi connectivity index (χ0v) is 10.7. The molecule has 0 aromatic heterocycles. The number of benzene rings is 1. The molecule has 1 aliphatic carbocycles. The van der Waals surface area contributed by atoms with Gasteiger partial charge in [-0.25, -0.2) is 13.1 Å². The van der Waals surface area contributed by atoms with E-state index in [0.717, 1.165) is 24.8 Å². The van der Waals surface area contributed by atoms with Crippen LogP contribution in [0.25, 0.3) is 0 Å². The topological polar surface area (TPSA) is 72.2 Å². The molecule has 0 saturated heterocycles. The Hall–Kier alpha value is -0.910. The lowest BCUT2D eigenvalue weighted by molar-refractivity contribution is 0.522. The summed E-state index contributed by atoms with van der Waals surface area (Å²) in [5, 5.41) is 0. The van der Waals surface area contributed by atoms with E-state index in [1.807, 2.05) is 6.92 Å². The standard InChI is InChI=1S/C12H18N2O2S/c1-9-5-7-10(8-6-9)17(15,16)14-12-4-2-3-11(12)13/h5-8,11-12,14H,2-4,13H2,1H3. The first-order chi connectivity index (χ1) is 7.99. The summed E-state index contributed by atoms with van der Waals surface area (Å²) < 4.78 is 26.8. The number of hydrogen-bond acceptors (Lipinski definition) is 3. The Morgan fingerprint density at radius 3 is 2.41 bits per heavy atom. The van der Waals surface area contributed by atoms with Crippen LogP contribution in [0.4, 0.5) is 0 Å². The molecule has 94 valence electrons. The number of nitrogens with two attached hydrogens (primary N) is 1. The predicted octanol–water partition coefficient (Wildman–Crippen LogP) is 1.15. The highest BCUT2D eigenvalue weighted by Crippen LogP contribution is 2.20. The number of rotatable bonds is 3. The Labute approximate surface area is 102 Å². The van der Waals surface area contributed by atoms with Crippen molar-refractivity contribution >= 4 is 10.0 Å². The van der Waals surface area contributed by atoms with Crippen LogP contribution in [0.3, 0.4) is 0 Å². The second-order valence-corrected chi connectivity index (χ2v) is 6.35. The molecule has 0 spiro atoms. The maximum atomic E-state index is 12.1. The second kappa shape index (κ2) is 4.76. The third kappa shape index (κ3) is 2.86. The van der Waals surface area contributed by atoms with E-state index in [-0.39, 0.29) is 12.1 Å². The van der Waals surface area contributed by atoms with Gasteiger partial charge in [0.1, 0.15) is 0 Å². The molecule has 1 aromatic rings. The monoisotopic (exact) mass is 254 g/mol. The van der Waals surface area contributed by atoms with Gasteiger partial charge in [0.25, 0.3) is 0 Å². The number of aryl methyl sites for hydroxylation is 1. The third-order valence-corrected chi connectivity index (χ3v) is 4.71. The maximum absolute atomic E-state index is 12.1. The second-order valence-electron chi connectivity index (χ2n) is 4.64. The lowest BCUT2D eigenvalue weighted by Gasteiger charge is -2.17. The average molecular weight is 254 g/mol. The van der Waals surface area contributed by atoms with E-state index in [4.69, 9.17) is 5.73 Å². The summed E-state index contributed by atoms with van der Waals surface area (Å²) in [7, 11) is -3.42. The molecule has 0 radical (unpaired) electrons. The van der Waals surface area contributed by atoms with Gasteiger partial charge in [0.2, 0.25) is 10.0 Å². The first-order valence-electron chi connectivity index (χ1n) is 5.83. The minimum absolute atomic E-state index is 0.0600. The summed E-state index contributed by atoms with van der Waals surface area (Å²) >= 11 is 0. The Morgan fingerprint density at radius 2 is 1.88 bits per heavy atom. The van der Waals surface area contributed by atoms with Crippen LogP contribution in [0.1, 0.15) is 24.8 Å². The van der Waals surface area contributed by atoms with Crippen LogP contribution in [0.15, 0.2) is 29.2 Å². The van der Waals surface area contributed by atoms with E-state index >= 15 is 0 Å². The molecule has 0 bridgehead atoms. The Balaban J connectivity index is 2.16. The molecule has 2 atom stereocenters. The van der Waals surface area contributed by atoms with Crippen molar-refractivity contribution in [2.24, 2.45) is 5.73 Å². The quantitative estimate of drug-likeness (QED) is 0.850. The van der Waals surface area contributed by atoms with Gasteiger partial charge in [0, 0.05) is 12.1 Å². The molecule has 1 saturated carbocycles. The summed E-state index contributed by atoms with van der Waals surface area (Å²) in [6, 6.07) is 6.65. The van der Waals surface area contributed by atoms with Gasteiger partial charge in [-0.05, 0) is 31.9 Å². The summed E-state index contributed by atoms with van der Waals surface area (Å²) in [5.74, 6) is 0. The lowest BCUT2D eigenvalue weighted by atomic mass is 10.2. The van der Waals surface area contributed by atoms with Crippen LogP contribution in [-0.2, 0) is 10.0 Å². The first-order valence-corrected chi connectivity index (χ1v) is 7.32. The molecule has 0 amide bonds. The molecule has 1 aromatic carbocycles. The zero-order valence-electron chi connectivity index (χ0n) is 9.89. The summed E-state index contributed by atoms with van der Waals surface area (Å²) in [4.78, 5) is 0.308. The van der Waals surface area contributed by atoms with E-state index < -0.39 is 10.0 Å². The number of hydrogen-bond donors (Lipinski definition) is 2. The van der Waals surface area contributed by atoms with Crippen molar-refractivity contribution in [3.8, 4) is 0 Å². The molecule has 0 aliphatic heterocycles. The van der Waals surface area contributed by atoms with Gasteiger partial charge in [-0.3, -0.25) is 0 Å². The van der Waals surface area contributed by atoms with Crippen molar-refractivity contribution < 1.29 is 8.42 Å². The van der Waals surface area contributed by atoms with E-state index in [2.05, 4.69) is 4.72 Å². The van der Waals surface area contributed by atoms with E-state index in [0.29, 0.717) is 4.90 Å². The predicted molar refractivity (Wildman–Crippen MR) is 67.1 cm³/mol. The molecule has 1 aliphatic rings. The molecule has 1 fully saturated rings. The maximum Gasteiger partial charge on any atom is 0.240 e. The van der Waals surface area contributed by atoms with Crippen molar-refractivity contribution in [3.05, 3.63) is 29.8 Å². The van der Waals surface area contributed by atoms with Crippen molar-refractivity contribution in [2.75, 3.05) is 0 Å². The van der Waals surface area contributed by atoms with E-state index in [9.17, 15) is 8.42 Å². The largest absolute Gasteiger partial charge is 0.326 e. The Kier molecular flexibility index (Phi) is 3.51. The fourth-order valence-electron chi connectivity index (χ4n) is 2.12. The Bertz CT molecular complexity index is 482. The van der Waals surface area contributed by atoms with Gasteiger partial charge in [0.05, 0.1) is 4.90 Å². The lowest BCUT2D eigenvalue weighted by Crippen LogP contribution is -2.43. The van der Waals surface area contributed by atoms with Crippen LogP contribution >= 0.6 is 0 Å². The summed E-state index contributed by atoms with van der Waals surface area (Å²) in [6.07, 6.45) is 2.70. The molecule has 2 unspecified atom stereocenters. The smallest absolute Gasteiger partial charge is 0.240 e. The molecule has 3 N–H and O–H groups in total. The van der Waals surface area contributed by atoms with Gasteiger partial charge < -0.3 is 5.73 Å². The summed E-state index contributed by atoms with van der Waals surface area (Å²) in [5.41, 5.74) is 6.90. The van der Waals surface area contributed by atoms with E-state index in [1.54, 1.807) is 24.3 Å². The van der Waals surface area contributed by atoms with Crippen LogP contribution < -0.4 is 10.5 Å². The van der Waals surface area contributed by atoms with Gasteiger partial charge in [0.15, 0.2) is 0 Å². The van der Waals surface area contributed by atoms with Gasteiger partial charge in [-0.2, -0.15) is 0 Å². The highest BCUT2D eigenvalue weighted by molar-refractivity contribution is 7.89. The molecular weight excluding hydrogens is 236 g/mol. The van der Waals surface area contributed by atoms with Crippen molar-refractivity contribution in [2.45, 2.75) is 43.2 Å². The fraction of sp³-hybridized carbons (Fsp3) is 0.500. The van der Waals surface area contributed by atoms with E-state index in [1.165, 1.54) is 0 Å². The van der Waals surface area contributed by atoms with Crippen molar-refractivity contribution in [3.63, 3.8) is 0 Å². The molecule has 17 heavy (non-hydrogen) atoms. The number of sulfonamides is 1. The highest BCUT2D eigenvalue weighted by Gasteiger charge is 2.28. The van der Waals surface area contributed by atoms with Crippen molar-refractivity contribution in [1.29, 1.82) is 0 Å². The van der Waals surface area contributed by atoms with Crippen LogP contribution in [0.2, 0.25) is 0 Å². The molecule has 2 rings (SSSR count). The molecule has 5 heteroatoms. The van der Waals surface area contributed by atoms with Crippen LogP contribution in [-0.4, -0.2) is 20.5 Å². The molecule has 4 nitrogen and oxygen atoms in total. The fourth-order valence-corrected chi connectivity index (χ4v) is 3.44.